The Balaban J connectivity index is 0.000000191. The molecule has 0 aromatic heterocycles. The largest absolute Gasteiger partial charge is 0.454 e. The average molecular weight is 568 g/mol. The summed E-state index contributed by atoms with van der Waals surface area (Å²) in [5, 5.41) is 13.7. The molecule has 1 fully saturated rings. The van der Waals surface area contributed by atoms with Crippen LogP contribution in [0.4, 0.5) is 0 Å². The van der Waals surface area contributed by atoms with Crippen LogP contribution in [0.25, 0.3) is 10.4 Å². The molecule has 0 spiro atoms. The van der Waals surface area contributed by atoms with Crippen LogP contribution in [0.5, 0.6) is 23.0 Å². The van der Waals surface area contributed by atoms with Gasteiger partial charge in [0, 0.05) is 17.8 Å². The molecule has 3 aliphatic rings. The van der Waals surface area contributed by atoms with Crippen molar-refractivity contribution >= 4 is 11.6 Å². The predicted octanol–water partition coefficient (Wildman–Crippen LogP) is 5.24. The van der Waals surface area contributed by atoms with Crippen LogP contribution in [0.2, 0.25) is 0 Å². The second kappa shape index (κ2) is 14.7. The van der Waals surface area contributed by atoms with Gasteiger partial charge in [0.2, 0.25) is 13.6 Å². The van der Waals surface area contributed by atoms with Crippen molar-refractivity contribution < 1.29 is 38.4 Å². The minimum absolute atomic E-state index is 0.0569. The Labute approximate surface area is 239 Å². The molecule has 1 N–H and O–H groups in total. The number of azide groups is 1. The van der Waals surface area contributed by atoms with Crippen LogP contribution >= 0.6 is 0 Å². The summed E-state index contributed by atoms with van der Waals surface area (Å²) in [6, 6.07) is 10.1. The lowest BCUT2D eigenvalue weighted by Gasteiger charge is -2.17. The number of ether oxygens (including phenoxy) is 5. The summed E-state index contributed by atoms with van der Waals surface area (Å²) >= 11 is 0. The highest BCUT2D eigenvalue weighted by Gasteiger charge is 2.43. The van der Waals surface area contributed by atoms with E-state index in [9.17, 15) is 14.7 Å². The van der Waals surface area contributed by atoms with Crippen LogP contribution in [-0.4, -0.2) is 54.6 Å². The average Bonchev–Trinajstić information content (AvgIpc) is 3.35. The van der Waals surface area contributed by atoms with E-state index < -0.39 is 12.1 Å². The lowest BCUT2D eigenvalue weighted by atomic mass is 9.97. The number of hydrogen-bond acceptors (Lipinski definition) is 9. The van der Waals surface area contributed by atoms with Crippen LogP contribution in [0, 0.1) is 0 Å². The SMILES string of the molecule is CCCC[C@H](N=[N+]=[N-])[C@H](O)C(=O)Cc1ccc2c(c1)OCO2.CCCC[C@H]1O[C@@H]1C(=O)Cc1ccc2c(c1)OCO2. The summed E-state index contributed by atoms with van der Waals surface area (Å²) in [6.07, 6.45) is 4.60. The molecule has 3 aliphatic heterocycles. The van der Waals surface area contributed by atoms with E-state index in [0.717, 1.165) is 54.7 Å². The third-order valence-electron chi connectivity index (χ3n) is 7.12. The van der Waals surface area contributed by atoms with Crippen molar-refractivity contribution in [1.29, 1.82) is 0 Å². The Bertz CT molecular complexity index is 1260. The summed E-state index contributed by atoms with van der Waals surface area (Å²) in [5.74, 6) is 2.51. The van der Waals surface area contributed by atoms with E-state index in [1.807, 2.05) is 25.1 Å². The molecule has 5 rings (SSSR count). The minimum Gasteiger partial charge on any atom is -0.454 e. The zero-order chi connectivity index (χ0) is 29.2. The number of carbonyl (C=O) groups is 2. The van der Waals surface area contributed by atoms with Gasteiger partial charge in [-0.25, -0.2) is 0 Å². The number of rotatable bonds is 14. The Morgan fingerprint density at radius 2 is 1.51 bits per heavy atom. The fourth-order valence-corrected chi connectivity index (χ4v) is 4.73. The highest BCUT2D eigenvalue weighted by Crippen LogP contribution is 2.34. The molecule has 0 bridgehead atoms. The molecular weight excluding hydrogens is 530 g/mol. The molecule has 41 heavy (non-hydrogen) atoms. The first-order valence-corrected chi connectivity index (χ1v) is 14.1. The van der Waals surface area contributed by atoms with Crippen LogP contribution in [-0.2, 0) is 27.2 Å². The van der Waals surface area contributed by atoms with Crippen molar-refractivity contribution in [3.05, 3.63) is 58.0 Å². The maximum absolute atomic E-state index is 12.2. The smallest absolute Gasteiger partial charge is 0.231 e. The summed E-state index contributed by atoms with van der Waals surface area (Å²) < 4.78 is 26.5. The molecule has 0 saturated carbocycles. The van der Waals surface area contributed by atoms with Crippen molar-refractivity contribution in [3.8, 4) is 23.0 Å². The van der Waals surface area contributed by atoms with E-state index in [4.69, 9.17) is 29.2 Å². The molecule has 2 aromatic carbocycles. The van der Waals surface area contributed by atoms with E-state index >= 15 is 0 Å². The maximum Gasteiger partial charge on any atom is 0.231 e. The number of fused-ring (bicyclic) bond motifs is 2. The van der Waals surface area contributed by atoms with Gasteiger partial charge in [0.05, 0.1) is 12.1 Å². The summed E-state index contributed by atoms with van der Waals surface area (Å²) in [4.78, 5) is 27.0. The Morgan fingerprint density at radius 3 is 2.10 bits per heavy atom. The summed E-state index contributed by atoms with van der Waals surface area (Å²) in [6.45, 7) is 4.57. The van der Waals surface area contributed by atoms with Crippen LogP contribution in [0.15, 0.2) is 41.5 Å². The van der Waals surface area contributed by atoms with Crippen molar-refractivity contribution in [2.24, 2.45) is 5.11 Å². The van der Waals surface area contributed by atoms with E-state index in [1.165, 1.54) is 0 Å². The number of Topliss-reactive ketones (excluding diaryl/α,β-unsaturated/α-hetero) is 2. The van der Waals surface area contributed by atoms with E-state index in [2.05, 4.69) is 16.9 Å². The van der Waals surface area contributed by atoms with Crippen molar-refractivity contribution in [3.63, 3.8) is 0 Å². The normalized spacial score (nSPS) is 18.9. The number of aliphatic hydroxyl groups excluding tert-OH is 1. The molecule has 11 heteroatoms. The molecule has 0 aliphatic carbocycles. The zero-order valence-corrected chi connectivity index (χ0v) is 23.5. The topological polar surface area (TPSA) is 153 Å². The number of nitrogens with zero attached hydrogens (tertiary/aromatic N) is 3. The Morgan fingerprint density at radius 1 is 0.927 bits per heavy atom. The molecule has 3 heterocycles. The van der Waals surface area contributed by atoms with Crippen molar-refractivity contribution in [2.45, 2.75) is 89.6 Å². The highest BCUT2D eigenvalue weighted by atomic mass is 16.7. The van der Waals surface area contributed by atoms with Gasteiger partial charge < -0.3 is 28.8 Å². The van der Waals surface area contributed by atoms with Crippen LogP contribution < -0.4 is 18.9 Å². The second-order valence-electron chi connectivity index (χ2n) is 10.3. The van der Waals surface area contributed by atoms with E-state index in [1.54, 1.807) is 18.2 Å². The fraction of sp³-hybridized carbons (Fsp3) is 0.533. The fourth-order valence-electron chi connectivity index (χ4n) is 4.73. The Kier molecular flexibility index (Phi) is 10.8. The highest BCUT2D eigenvalue weighted by molar-refractivity contribution is 5.88. The van der Waals surface area contributed by atoms with Gasteiger partial charge in [0.25, 0.3) is 0 Å². The molecule has 11 nitrogen and oxygen atoms in total. The lowest BCUT2D eigenvalue weighted by molar-refractivity contribution is -0.127. The monoisotopic (exact) mass is 567 g/mol. The number of epoxide rings is 1. The standard InChI is InChI=1S/C15H19N3O4.C15H18O4/c1-2-3-4-11(17-18-16)15(20)12(19)7-10-5-6-13-14(8-10)22-9-21-13;1-2-3-4-13-15(19-13)11(16)7-10-5-6-12-14(8-10)18-9-17-12/h5-6,8,11,15,20H,2-4,7,9H2,1H3;5-6,8,13,15H,2-4,7,9H2,1H3/t11-,15-;13-,15-/m01/s1. The molecule has 220 valence electrons. The van der Waals surface area contributed by atoms with Gasteiger partial charge in [-0.05, 0) is 53.8 Å². The third kappa shape index (κ3) is 8.36. The summed E-state index contributed by atoms with van der Waals surface area (Å²) in [7, 11) is 0. The number of carbonyl (C=O) groups excluding carboxylic acids is 2. The molecule has 4 atom stereocenters. The van der Waals surface area contributed by atoms with Crippen molar-refractivity contribution in [2.75, 3.05) is 13.6 Å². The number of ketones is 2. The number of unbranched alkanes of at least 4 members (excludes halogenated alkanes) is 2. The molecular formula is C30H37N3O8. The van der Waals surface area contributed by atoms with Crippen LogP contribution in [0.1, 0.15) is 63.5 Å². The Hall–Kier alpha value is -3.79. The number of hydrogen-bond donors (Lipinski definition) is 1. The van der Waals surface area contributed by atoms with Crippen LogP contribution in [0.3, 0.4) is 0 Å². The van der Waals surface area contributed by atoms with Gasteiger partial charge in [0.15, 0.2) is 34.6 Å². The second-order valence-corrected chi connectivity index (χ2v) is 10.3. The van der Waals surface area contributed by atoms with Gasteiger partial charge in [-0.2, -0.15) is 0 Å². The predicted molar refractivity (Wildman–Crippen MR) is 149 cm³/mol. The van der Waals surface area contributed by atoms with Gasteiger partial charge in [-0.1, -0.05) is 56.8 Å². The minimum atomic E-state index is -1.28. The van der Waals surface area contributed by atoms with E-state index in [-0.39, 0.29) is 43.8 Å². The number of benzene rings is 2. The van der Waals surface area contributed by atoms with Gasteiger partial charge in [-0.3, -0.25) is 9.59 Å². The lowest BCUT2D eigenvalue weighted by Crippen LogP contribution is -2.33. The molecule has 1 saturated heterocycles. The maximum atomic E-state index is 12.2. The van der Waals surface area contributed by atoms with Crippen molar-refractivity contribution in [1.82, 2.24) is 0 Å². The van der Waals surface area contributed by atoms with Gasteiger partial charge in [0.1, 0.15) is 12.2 Å². The molecule has 0 unspecified atom stereocenters. The zero-order valence-electron chi connectivity index (χ0n) is 23.5. The molecule has 0 amide bonds. The van der Waals surface area contributed by atoms with E-state index in [0.29, 0.717) is 24.3 Å². The van der Waals surface area contributed by atoms with Gasteiger partial charge in [-0.15, -0.1) is 0 Å². The summed E-state index contributed by atoms with van der Waals surface area (Å²) in [5.41, 5.74) is 10.3. The first kappa shape index (κ1) is 30.2. The third-order valence-corrected chi connectivity index (χ3v) is 7.12. The number of aliphatic hydroxyl groups is 1. The van der Waals surface area contributed by atoms with Gasteiger partial charge >= 0.3 is 0 Å². The first-order chi connectivity index (χ1) is 19.9. The quantitative estimate of drug-likeness (QED) is 0.141. The molecule has 2 aromatic rings. The molecule has 0 radical (unpaired) electrons. The first-order valence-electron chi connectivity index (χ1n) is 14.1.